The number of amides is 1. The smallest absolute Gasteiger partial charge is 0.284 e. The van der Waals surface area contributed by atoms with Crippen LogP contribution in [0.5, 0.6) is 17.4 Å². The zero-order chi connectivity index (χ0) is 19.1. The maximum atomic E-state index is 11.8. The Kier molecular flexibility index (Phi) is 7.53. The van der Waals surface area contributed by atoms with Crippen molar-refractivity contribution >= 4 is 40.7 Å². The number of pyridine rings is 1. The van der Waals surface area contributed by atoms with Crippen LogP contribution in [0.3, 0.4) is 0 Å². The van der Waals surface area contributed by atoms with E-state index in [1.54, 1.807) is 31.2 Å². The van der Waals surface area contributed by atoms with Gasteiger partial charge in [0.1, 0.15) is 23.1 Å². The van der Waals surface area contributed by atoms with E-state index in [1.807, 2.05) is 0 Å². The van der Waals surface area contributed by atoms with Crippen LogP contribution in [0.15, 0.2) is 48.1 Å². The first kappa shape index (κ1) is 20.3. The summed E-state index contributed by atoms with van der Waals surface area (Å²) in [6, 6.07) is 8.13. The predicted octanol–water partition coefficient (Wildman–Crippen LogP) is 4.75. The molecule has 0 bridgehead atoms. The molecule has 0 spiro atoms. The zero-order valence-electron chi connectivity index (χ0n) is 13.7. The molecule has 9 heteroatoms. The van der Waals surface area contributed by atoms with Gasteiger partial charge in [-0.15, -0.1) is 0 Å². The molecule has 138 valence electrons. The van der Waals surface area contributed by atoms with Gasteiger partial charge in [0.25, 0.3) is 5.91 Å². The summed E-state index contributed by atoms with van der Waals surface area (Å²) in [5.41, 5.74) is 2.22. The highest BCUT2D eigenvalue weighted by atomic mass is 35.5. The number of carbonyl (C=O) groups is 1. The summed E-state index contributed by atoms with van der Waals surface area (Å²) in [5.74, 6) is 0.739. The summed E-state index contributed by atoms with van der Waals surface area (Å²) < 4.78 is 11.1. The van der Waals surface area contributed by atoms with Crippen LogP contribution in [0.25, 0.3) is 0 Å². The van der Waals surface area contributed by atoms with Gasteiger partial charge in [-0.2, -0.15) is 0 Å². The Bertz CT molecular complexity index is 784. The van der Waals surface area contributed by atoms with Crippen molar-refractivity contribution in [1.82, 2.24) is 10.5 Å². The molecule has 0 radical (unpaired) electrons. The van der Waals surface area contributed by atoms with E-state index in [1.165, 1.54) is 12.3 Å². The first-order chi connectivity index (χ1) is 12.3. The van der Waals surface area contributed by atoms with E-state index in [9.17, 15) is 4.79 Å². The Morgan fingerprint density at radius 2 is 1.92 bits per heavy atom. The number of ether oxygens (including phenoxy) is 2. The topological polar surface area (TPSA) is 69.7 Å². The number of halogens is 3. The van der Waals surface area contributed by atoms with Crippen molar-refractivity contribution in [2.24, 2.45) is 0 Å². The molecule has 1 N–H and O–H groups in total. The SMILES string of the molecule is C=C(Cl)CONC(=O)C(C)Oc1ccc(Oc2ncc(Cl)cc2Cl)cc1. The Morgan fingerprint density at radius 3 is 2.54 bits per heavy atom. The summed E-state index contributed by atoms with van der Waals surface area (Å²) in [5, 5.41) is 0.977. The third-order valence-corrected chi connectivity index (χ3v) is 3.48. The number of hydrogen-bond acceptors (Lipinski definition) is 5. The first-order valence-electron chi connectivity index (χ1n) is 7.35. The Hall–Kier alpha value is -1.99. The second-order valence-corrected chi connectivity index (χ2v) is 6.42. The predicted molar refractivity (Wildman–Crippen MR) is 100.0 cm³/mol. The highest BCUT2D eigenvalue weighted by Gasteiger charge is 2.15. The maximum Gasteiger partial charge on any atom is 0.284 e. The van der Waals surface area contributed by atoms with E-state index in [4.69, 9.17) is 49.1 Å². The van der Waals surface area contributed by atoms with Crippen LogP contribution in [0.2, 0.25) is 10.0 Å². The van der Waals surface area contributed by atoms with Crippen LogP contribution in [-0.4, -0.2) is 23.6 Å². The van der Waals surface area contributed by atoms with Crippen LogP contribution in [0.1, 0.15) is 6.92 Å². The largest absolute Gasteiger partial charge is 0.481 e. The van der Waals surface area contributed by atoms with E-state index >= 15 is 0 Å². The normalized spacial score (nSPS) is 11.5. The van der Waals surface area contributed by atoms with Crippen molar-refractivity contribution in [3.8, 4) is 17.4 Å². The number of aromatic nitrogens is 1. The Labute approximate surface area is 165 Å². The van der Waals surface area contributed by atoms with E-state index in [0.717, 1.165) is 0 Å². The minimum Gasteiger partial charge on any atom is -0.481 e. The fourth-order valence-corrected chi connectivity index (χ4v) is 2.17. The van der Waals surface area contributed by atoms with Crippen LogP contribution in [0, 0.1) is 0 Å². The highest BCUT2D eigenvalue weighted by Crippen LogP contribution is 2.29. The van der Waals surface area contributed by atoms with Gasteiger partial charge < -0.3 is 9.47 Å². The van der Waals surface area contributed by atoms with Gasteiger partial charge in [0.05, 0.1) is 5.02 Å². The number of hydrogen-bond donors (Lipinski definition) is 1. The van der Waals surface area contributed by atoms with Gasteiger partial charge in [0.15, 0.2) is 6.10 Å². The van der Waals surface area contributed by atoms with Crippen molar-refractivity contribution in [2.75, 3.05) is 6.61 Å². The lowest BCUT2D eigenvalue weighted by molar-refractivity contribution is -0.139. The minimum atomic E-state index is -0.780. The van der Waals surface area contributed by atoms with E-state index in [0.29, 0.717) is 21.5 Å². The summed E-state index contributed by atoms with van der Waals surface area (Å²) in [7, 11) is 0. The van der Waals surface area contributed by atoms with Gasteiger partial charge in [-0.05, 0) is 37.3 Å². The van der Waals surface area contributed by atoms with E-state index < -0.39 is 12.0 Å². The average molecular weight is 418 g/mol. The second kappa shape index (κ2) is 9.64. The van der Waals surface area contributed by atoms with Gasteiger partial charge in [0, 0.05) is 11.2 Å². The third-order valence-electron chi connectivity index (χ3n) is 2.90. The monoisotopic (exact) mass is 416 g/mol. The molecule has 1 unspecified atom stereocenters. The third kappa shape index (κ3) is 6.38. The number of nitrogens with one attached hydrogen (secondary N) is 1. The Balaban J connectivity index is 1.90. The van der Waals surface area contributed by atoms with Crippen molar-refractivity contribution in [1.29, 1.82) is 0 Å². The molecule has 26 heavy (non-hydrogen) atoms. The van der Waals surface area contributed by atoms with Gasteiger partial charge in [0.2, 0.25) is 5.88 Å². The number of hydroxylamine groups is 1. The van der Waals surface area contributed by atoms with Crippen molar-refractivity contribution in [2.45, 2.75) is 13.0 Å². The quantitative estimate of drug-likeness (QED) is 0.628. The number of rotatable bonds is 8. The molecule has 1 aromatic carbocycles. The van der Waals surface area contributed by atoms with Crippen molar-refractivity contribution in [3.63, 3.8) is 0 Å². The molecule has 0 aliphatic carbocycles. The van der Waals surface area contributed by atoms with Gasteiger partial charge in [-0.25, -0.2) is 10.5 Å². The second-order valence-electron chi connectivity index (χ2n) is 5.05. The van der Waals surface area contributed by atoms with Gasteiger partial charge >= 0.3 is 0 Å². The van der Waals surface area contributed by atoms with Gasteiger partial charge in [-0.3, -0.25) is 9.63 Å². The van der Waals surface area contributed by atoms with Crippen LogP contribution < -0.4 is 15.0 Å². The molecule has 1 atom stereocenters. The molecule has 2 aromatic rings. The maximum absolute atomic E-state index is 11.8. The number of nitrogens with zero attached hydrogens (tertiary/aromatic N) is 1. The van der Waals surface area contributed by atoms with Crippen LogP contribution in [-0.2, 0) is 9.63 Å². The van der Waals surface area contributed by atoms with Gasteiger partial charge in [-0.1, -0.05) is 41.4 Å². The molecule has 1 amide bonds. The average Bonchev–Trinajstić information content (AvgIpc) is 2.58. The number of carbonyl (C=O) groups excluding carboxylic acids is 1. The molecule has 1 heterocycles. The van der Waals surface area contributed by atoms with Crippen molar-refractivity contribution < 1.29 is 19.1 Å². The molecule has 2 rings (SSSR count). The summed E-state index contributed by atoms with van der Waals surface area (Å²) in [6.45, 7) is 5.03. The molecule has 0 aliphatic rings. The molecule has 1 aromatic heterocycles. The number of benzene rings is 1. The molecule has 0 saturated heterocycles. The lowest BCUT2D eigenvalue weighted by Gasteiger charge is -2.14. The molecule has 0 fully saturated rings. The highest BCUT2D eigenvalue weighted by molar-refractivity contribution is 6.35. The minimum absolute atomic E-state index is 0.00729. The first-order valence-corrected chi connectivity index (χ1v) is 8.49. The standard InChI is InChI=1S/C17H15Cl3N2O4/c1-10(18)9-24-22-16(23)11(2)25-13-3-5-14(6-4-13)26-17-15(20)7-12(19)8-21-17/h3-8,11H,1,9H2,2H3,(H,22,23). The fourth-order valence-electron chi connectivity index (χ4n) is 1.70. The summed E-state index contributed by atoms with van der Waals surface area (Å²) in [6.07, 6.45) is 0.653. The van der Waals surface area contributed by atoms with Crippen LogP contribution >= 0.6 is 34.8 Å². The van der Waals surface area contributed by atoms with E-state index in [2.05, 4.69) is 17.0 Å². The summed E-state index contributed by atoms with van der Waals surface area (Å²) in [4.78, 5) is 20.7. The lowest BCUT2D eigenvalue weighted by atomic mass is 10.3. The molecule has 0 aliphatic heterocycles. The Morgan fingerprint density at radius 1 is 1.27 bits per heavy atom. The lowest BCUT2D eigenvalue weighted by Crippen LogP contribution is -2.36. The molecular formula is C17H15Cl3N2O4. The molecular weight excluding hydrogens is 403 g/mol. The zero-order valence-corrected chi connectivity index (χ0v) is 15.9. The molecule has 6 nitrogen and oxygen atoms in total. The van der Waals surface area contributed by atoms with Crippen LogP contribution in [0.4, 0.5) is 0 Å². The summed E-state index contributed by atoms with van der Waals surface area (Å²) >= 11 is 17.3. The van der Waals surface area contributed by atoms with Crippen molar-refractivity contribution in [3.05, 3.63) is 58.2 Å². The fraction of sp³-hybridized carbons (Fsp3) is 0.176. The van der Waals surface area contributed by atoms with E-state index in [-0.39, 0.29) is 17.5 Å². The molecule has 0 saturated carbocycles.